The number of rotatable bonds is 6. The fourth-order valence-electron chi connectivity index (χ4n) is 10.9. The summed E-state index contributed by atoms with van der Waals surface area (Å²) in [7, 11) is 1.98. The van der Waals surface area contributed by atoms with Crippen molar-refractivity contribution in [1.82, 2.24) is 9.13 Å². The molecule has 0 bridgehead atoms. The molecule has 3 aromatic heterocycles. The van der Waals surface area contributed by atoms with Crippen LogP contribution in [-0.4, -0.2) is 9.13 Å². The highest BCUT2D eigenvalue weighted by Gasteiger charge is 2.30. The highest BCUT2D eigenvalue weighted by Crippen LogP contribution is 2.50. The Labute approximate surface area is 351 Å². The van der Waals surface area contributed by atoms with Crippen LogP contribution < -0.4 is 26.8 Å². The third kappa shape index (κ3) is 4.72. The maximum Gasteiger partial charge on any atom is 0.266 e. The minimum Gasteiger partial charge on any atom is -0.268 e. The second-order valence-electron chi connectivity index (χ2n) is 18.5. The molecule has 0 spiro atoms. The second kappa shape index (κ2) is 12.6. The minimum atomic E-state index is -0.338. The lowest BCUT2D eigenvalue weighted by atomic mass is 9.81. The van der Waals surface area contributed by atoms with Crippen molar-refractivity contribution in [2.75, 3.05) is 0 Å². The van der Waals surface area contributed by atoms with Gasteiger partial charge in [-0.3, -0.25) is 19.2 Å². The summed E-state index contributed by atoms with van der Waals surface area (Å²) in [5.41, 5.74) is 3.82. The van der Waals surface area contributed by atoms with Crippen molar-refractivity contribution >= 4 is 86.2 Å². The van der Waals surface area contributed by atoms with E-state index in [-0.39, 0.29) is 45.9 Å². The SMILES string of the molecule is CC(C)c1cccc(C(C)C)c1-n1c(=O)c2ccc3c4ccc5c(=O)n(-c6c(C(C)C)cccc6C(C)C)c(=O)c6cc7c8c[n+](C)ccc8c8cc(c1=O)c2c3c8c7c4c56. The fourth-order valence-corrected chi connectivity index (χ4v) is 10.9. The van der Waals surface area contributed by atoms with E-state index in [1.165, 1.54) is 9.13 Å². The molecule has 0 saturated carbocycles. The molecule has 0 fully saturated rings. The van der Waals surface area contributed by atoms with Gasteiger partial charge in [-0.2, -0.15) is 0 Å². The molecule has 61 heavy (non-hydrogen) atoms. The molecule has 0 N–H and O–H groups in total. The molecular formula is C54H46N3O4+. The molecule has 0 aliphatic rings. The second-order valence-corrected chi connectivity index (χ2v) is 18.5. The Hall–Kier alpha value is -6.73. The van der Waals surface area contributed by atoms with Crippen LogP contribution in [0.15, 0.2) is 110 Å². The predicted octanol–water partition coefficient (Wildman–Crippen LogP) is 11.0. The van der Waals surface area contributed by atoms with E-state index < -0.39 is 0 Å². The third-order valence-electron chi connectivity index (χ3n) is 13.7. The van der Waals surface area contributed by atoms with Crippen molar-refractivity contribution in [1.29, 1.82) is 0 Å². The summed E-state index contributed by atoms with van der Waals surface area (Å²) in [6.45, 7) is 16.8. The van der Waals surface area contributed by atoms with Gasteiger partial charge in [0.05, 0.1) is 16.8 Å². The van der Waals surface area contributed by atoms with Crippen molar-refractivity contribution in [3.8, 4) is 11.4 Å². The molecular weight excluding hydrogens is 755 g/mol. The number of pyridine rings is 3. The first-order valence-electron chi connectivity index (χ1n) is 21.5. The van der Waals surface area contributed by atoms with Crippen molar-refractivity contribution < 1.29 is 4.57 Å². The number of hydrogen-bond acceptors (Lipinski definition) is 4. The van der Waals surface area contributed by atoms with Crippen molar-refractivity contribution in [2.24, 2.45) is 7.05 Å². The molecule has 7 heteroatoms. The molecule has 0 saturated heterocycles. The highest BCUT2D eigenvalue weighted by molar-refractivity contribution is 6.48. The number of hydrogen-bond donors (Lipinski definition) is 0. The van der Waals surface area contributed by atoms with Gasteiger partial charge in [-0.15, -0.1) is 0 Å². The Balaban J connectivity index is 1.39. The molecule has 0 atom stereocenters. The van der Waals surface area contributed by atoms with Crippen LogP contribution in [0.3, 0.4) is 0 Å². The van der Waals surface area contributed by atoms with E-state index >= 15 is 19.2 Å². The first kappa shape index (κ1) is 37.3. The van der Waals surface area contributed by atoms with E-state index in [4.69, 9.17) is 0 Å². The molecule has 0 amide bonds. The maximum atomic E-state index is 15.3. The van der Waals surface area contributed by atoms with Gasteiger partial charge < -0.3 is 0 Å². The van der Waals surface area contributed by atoms with Gasteiger partial charge in [0.2, 0.25) is 0 Å². The van der Waals surface area contributed by atoms with Gasteiger partial charge in [-0.25, -0.2) is 13.7 Å². The summed E-state index contributed by atoms with van der Waals surface area (Å²) < 4.78 is 4.88. The van der Waals surface area contributed by atoms with E-state index in [1.54, 1.807) is 0 Å². The van der Waals surface area contributed by atoms with Gasteiger partial charge in [0, 0.05) is 43.8 Å². The Morgan fingerprint density at radius 3 is 1.11 bits per heavy atom. The Kier molecular flexibility index (Phi) is 7.73. The first-order chi connectivity index (χ1) is 29.2. The summed E-state index contributed by atoms with van der Waals surface area (Å²) in [5.74, 6) is 0.295. The zero-order valence-electron chi connectivity index (χ0n) is 35.9. The quantitative estimate of drug-likeness (QED) is 0.0953. The summed E-state index contributed by atoms with van der Waals surface area (Å²) in [5, 5.41) is 12.2. The molecule has 0 aliphatic carbocycles. The number of fused-ring (bicyclic) bond motifs is 4. The van der Waals surface area contributed by atoms with Crippen LogP contribution in [0, 0.1) is 0 Å². The summed E-state index contributed by atoms with van der Waals surface area (Å²) in [6, 6.07) is 26.0. The summed E-state index contributed by atoms with van der Waals surface area (Å²) in [4.78, 5) is 60.7. The lowest BCUT2D eigenvalue weighted by Crippen LogP contribution is -2.34. The van der Waals surface area contributed by atoms with Crippen LogP contribution in [-0.2, 0) is 7.05 Å². The van der Waals surface area contributed by atoms with Crippen molar-refractivity contribution in [2.45, 2.75) is 79.1 Å². The number of para-hydroxylation sites is 2. The standard InChI is InChI=1S/C54H46N3O4/c1-25(2)29-12-10-13-30(26(3)4)49(29)56-51(58)36-18-16-34-35-17-19-37-44-41(54(61)57(52(37)59)50-31(27(5)6)14-11-15-32(50)28(7)8)23-39-42-24-55(9)21-20-33(42)38-22-40(53(56)60)43(36)45(34)47(38)48(39)46(35)44/h10-28H,1-9H3/q+1. The van der Waals surface area contributed by atoms with Gasteiger partial charge >= 0.3 is 0 Å². The van der Waals surface area contributed by atoms with Crippen LogP contribution in [0.2, 0.25) is 0 Å². The van der Waals surface area contributed by atoms with Gasteiger partial charge in [-0.05, 0) is 113 Å². The number of aryl methyl sites for hydroxylation is 1. The minimum absolute atomic E-state index is 0.0733. The van der Waals surface area contributed by atoms with Crippen LogP contribution in [0.5, 0.6) is 0 Å². The summed E-state index contributed by atoms with van der Waals surface area (Å²) >= 11 is 0. The molecule has 11 rings (SSSR count). The monoisotopic (exact) mass is 800 g/mol. The lowest BCUT2D eigenvalue weighted by Gasteiger charge is -2.24. The molecule has 300 valence electrons. The fraction of sp³-hybridized carbons (Fsp3) is 0.241. The van der Waals surface area contributed by atoms with Gasteiger partial charge in [0.15, 0.2) is 12.4 Å². The Morgan fingerprint density at radius 2 is 0.721 bits per heavy atom. The molecule has 8 aromatic carbocycles. The topological polar surface area (TPSA) is 82.0 Å². The van der Waals surface area contributed by atoms with E-state index in [0.29, 0.717) is 43.7 Å². The maximum absolute atomic E-state index is 15.3. The lowest BCUT2D eigenvalue weighted by molar-refractivity contribution is -0.670. The van der Waals surface area contributed by atoms with E-state index in [2.05, 4.69) is 67.7 Å². The Bertz CT molecular complexity index is 3880. The zero-order valence-corrected chi connectivity index (χ0v) is 35.9. The normalized spacial score (nSPS) is 12.9. The molecule has 11 aromatic rings. The average molecular weight is 801 g/mol. The van der Waals surface area contributed by atoms with Crippen molar-refractivity contribution in [3.05, 3.63) is 155 Å². The van der Waals surface area contributed by atoms with Crippen LogP contribution in [0.4, 0.5) is 0 Å². The molecule has 7 nitrogen and oxygen atoms in total. The largest absolute Gasteiger partial charge is 0.268 e. The smallest absolute Gasteiger partial charge is 0.266 e. The summed E-state index contributed by atoms with van der Waals surface area (Å²) in [6.07, 6.45) is 4.09. The zero-order chi connectivity index (χ0) is 42.7. The van der Waals surface area contributed by atoms with Gasteiger partial charge in [0.1, 0.15) is 7.05 Å². The van der Waals surface area contributed by atoms with Crippen molar-refractivity contribution in [3.63, 3.8) is 0 Å². The number of benzene rings is 8. The number of aromatic nitrogens is 3. The van der Waals surface area contributed by atoms with E-state index in [9.17, 15) is 0 Å². The predicted molar refractivity (Wildman–Crippen MR) is 252 cm³/mol. The molecule has 0 aliphatic heterocycles. The Morgan fingerprint density at radius 1 is 0.377 bits per heavy atom. The van der Waals surface area contributed by atoms with E-state index in [1.807, 2.05) is 90.6 Å². The third-order valence-corrected chi connectivity index (χ3v) is 13.7. The highest BCUT2D eigenvalue weighted by atomic mass is 16.2. The van der Waals surface area contributed by atoms with Crippen LogP contribution in [0.25, 0.3) is 97.6 Å². The van der Waals surface area contributed by atoms with Crippen LogP contribution in [0.1, 0.15) is 101 Å². The van der Waals surface area contributed by atoms with Gasteiger partial charge in [-0.1, -0.05) is 104 Å². The average Bonchev–Trinajstić information content (AvgIpc) is 3.23. The molecule has 0 radical (unpaired) electrons. The first-order valence-corrected chi connectivity index (χ1v) is 21.5. The molecule has 3 heterocycles. The number of nitrogens with zero attached hydrogens (tertiary/aromatic N) is 3. The molecule has 0 unspecified atom stereocenters. The van der Waals surface area contributed by atoms with Crippen LogP contribution >= 0.6 is 0 Å². The van der Waals surface area contributed by atoms with E-state index in [0.717, 1.165) is 76.1 Å². The van der Waals surface area contributed by atoms with Gasteiger partial charge in [0.25, 0.3) is 22.2 Å².